The number of carbonyl (C=O) groups is 4. The van der Waals surface area contributed by atoms with Crippen LogP contribution in [0.5, 0.6) is 0 Å². The first-order chi connectivity index (χ1) is 20.1. The molecule has 10 nitrogen and oxygen atoms in total. The number of likely N-dealkylation sites (N-methyl/N-ethyl adjacent to an activating group) is 1. The molecule has 2 heterocycles. The van der Waals surface area contributed by atoms with Crippen LogP contribution in [0.4, 0.5) is 17.6 Å². The summed E-state index contributed by atoms with van der Waals surface area (Å²) in [5.41, 5.74) is 1.29. The summed E-state index contributed by atoms with van der Waals surface area (Å²) in [6.07, 6.45) is 0.0752. The van der Waals surface area contributed by atoms with Crippen LogP contribution in [0.3, 0.4) is 0 Å². The van der Waals surface area contributed by atoms with Gasteiger partial charge in [-0.25, -0.2) is 9.18 Å². The largest absolute Gasteiger partial charge is 0.490 e. The number of aliphatic carboxylic acids is 1. The number of benzene rings is 1. The minimum atomic E-state index is -5.08. The quantitative estimate of drug-likeness (QED) is 0.430. The van der Waals surface area contributed by atoms with E-state index in [0.717, 1.165) is 37.6 Å². The highest BCUT2D eigenvalue weighted by Gasteiger charge is 2.39. The number of carboxylic acid groups (broad SMARTS) is 1. The van der Waals surface area contributed by atoms with Crippen molar-refractivity contribution < 1.29 is 41.8 Å². The van der Waals surface area contributed by atoms with Gasteiger partial charge in [-0.05, 0) is 63.9 Å². The monoisotopic (exact) mass is 613 g/mol. The van der Waals surface area contributed by atoms with E-state index in [-0.39, 0.29) is 41.5 Å². The molecular weight excluding hydrogens is 574 g/mol. The highest BCUT2D eigenvalue weighted by Crippen LogP contribution is 2.29. The number of fused-ring (bicyclic) bond motifs is 1. The summed E-state index contributed by atoms with van der Waals surface area (Å²) in [6.45, 7) is 4.95. The van der Waals surface area contributed by atoms with Gasteiger partial charge in [-0.15, -0.1) is 0 Å². The van der Waals surface area contributed by atoms with Crippen molar-refractivity contribution in [2.24, 2.45) is 13.0 Å². The number of aryl methyl sites for hydroxylation is 1. The molecule has 2 aliphatic rings. The zero-order valence-corrected chi connectivity index (χ0v) is 24.7. The Morgan fingerprint density at radius 1 is 1.05 bits per heavy atom. The summed E-state index contributed by atoms with van der Waals surface area (Å²) in [5.74, 6) is -3.33. The second kappa shape index (κ2) is 14.2. The Bertz CT molecular complexity index is 1320. The minimum Gasteiger partial charge on any atom is -0.475 e. The van der Waals surface area contributed by atoms with Crippen molar-refractivity contribution in [1.29, 1.82) is 0 Å². The lowest BCUT2D eigenvalue weighted by molar-refractivity contribution is -0.192. The molecule has 2 fully saturated rings. The molecule has 1 saturated carbocycles. The van der Waals surface area contributed by atoms with E-state index >= 15 is 0 Å². The smallest absolute Gasteiger partial charge is 0.475 e. The summed E-state index contributed by atoms with van der Waals surface area (Å²) in [4.78, 5) is 52.3. The van der Waals surface area contributed by atoms with E-state index in [0.29, 0.717) is 30.7 Å². The van der Waals surface area contributed by atoms with Gasteiger partial charge in [0.2, 0.25) is 11.8 Å². The van der Waals surface area contributed by atoms with Gasteiger partial charge in [0, 0.05) is 43.6 Å². The number of halogens is 4. The van der Waals surface area contributed by atoms with Crippen molar-refractivity contribution in [1.82, 2.24) is 25.0 Å². The van der Waals surface area contributed by atoms with E-state index in [1.54, 1.807) is 42.6 Å². The number of nitrogens with one attached hydrogen (secondary N) is 2. The molecule has 2 unspecified atom stereocenters. The van der Waals surface area contributed by atoms with Crippen LogP contribution in [0.15, 0.2) is 24.3 Å². The Morgan fingerprint density at radius 3 is 2.23 bits per heavy atom. The van der Waals surface area contributed by atoms with Crippen LogP contribution in [-0.2, 0) is 21.4 Å². The van der Waals surface area contributed by atoms with Gasteiger partial charge in [0.15, 0.2) is 0 Å². The number of rotatable bonds is 6. The number of piperazine rings is 1. The zero-order chi connectivity index (χ0) is 32.1. The SMILES string of the molecule is CNC(C)C(=O)NC(C(=O)N1CCN(C(=O)c2cc3cc(F)ccc3n2C)C[C@H]1C)C1CCCCC1.O=C(O)C(F)(F)F. The lowest BCUT2D eigenvalue weighted by Crippen LogP contribution is -2.62. The van der Waals surface area contributed by atoms with Crippen molar-refractivity contribution in [3.63, 3.8) is 0 Å². The number of carboxylic acids is 1. The molecule has 238 valence electrons. The Balaban J connectivity index is 0.000000646. The molecule has 1 aliphatic carbocycles. The standard InChI is InChI=1S/C27H38FN5O3.C2HF3O2/c1-17-16-32(26(35)23-15-20-14-21(28)10-11-22(20)31(23)4)12-13-33(17)27(36)24(19-8-6-5-7-9-19)30-25(34)18(2)29-3;3-2(4,5)1(6)7/h10-11,14-15,17-19,24,29H,5-9,12-13,16H2,1-4H3,(H,30,34);(H,6,7)/t17-,18?,24?;/m1./s1. The molecule has 3 amide bonds. The molecule has 3 N–H and O–H groups in total. The molecule has 43 heavy (non-hydrogen) atoms. The van der Waals surface area contributed by atoms with Gasteiger partial charge in [0.1, 0.15) is 17.6 Å². The number of nitrogens with zero attached hydrogens (tertiary/aromatic N) is 3. The van der Waals surface area contributed by atoms with Crippen molar-refractivity contribution in [3.8, 4) is 0 Å². The van der Waals surface area contributed by atoms with Crippen LogP contribution in [0.2, 0.25) is 0 Å². The van der Waals surface area contributed by atoms with Gasteiger partial charge < -0.3 is 30.1 Å². The van der Waals surface area contributed by atoms with Gasteiger partial charge in [0.05, 0.1) is 6.04 Å². The van der Waals surface area contributed by atoms with Crippen molar-refractivity contribution in [2.45, 2.75) is 70.3 Å². The van der Waals surface area contributed by atoms with Crippen molar-refractivity contribution >= 4 is 34.6 Å². The summed E-state index contributed by atoms with van der Waals surface area (Å²) in [5, 5.41) is 13.8. The van der Waals surface area contributed by atoms with E-state index in [1.807, 2.05) is 11.8 Å². The fourth-order valence-corrected chi connectivity index (χ4v) is 5.59. The normalized spacial score (nSPS) is 19.3. The average Bonchev–Trinajstić information content (AvgIpc) is 3.29. The third kappa shape index (κ3) is 8.24. The number of amides is 3. The molecule has 3 atom stereocenters. The predicted octanol–water partition coefficient (Wildman–Crippen LogP) is 3.30. The number of alkyl halides is 3. The number of hydrogen-bond acceptors (Lipinski definition) is 5. The van der Waals surface area contributed by atoms with Gasteiger partial charge >= 0.3 is 12.1 Å². The predicted molar refractivity (Wildman–Crippen MR) is 151 cm³/mol. The Hall–Kier alpha value is -3.68. The fraction of sp³-hybridized carbons (Fsp3) is 0.586. The molecule has 2 aromatic rings. The topological polar surface area (TPSA) is 124 Å². The Morgan fingerprint density at radius 2 is 1.67 bits per heavy atom. The van der Waals surface area contributed by atoms with Crippen LogP contribution < -0.4 is 10.6 Å². The van der Waals surface area contributed by atoms with Crippen LogP contribution in [-0.4, -0.2) is 94.1 Å². The van der Waals surface area contributed by atoms with Gasteiger partial charge in [-0.2, -0.15) is 13.2 Å². The zero-order valence-electron chi connectivity index (χ0n) is 24.7. The molecule has 14 heteroatoms. The lowest BCUT2D eigenvalue weighted by atomic mass is 9.83. The second-order valence-electron chi connectivity index (χ2n) is 11.1. The fourth-order valence-electron chi connectivity index (χ4n) is 5.59. The first kappa shape index (κ1) is 33.8. The number of hydrogen-bond donors (Lipinski definition) is 3. The highest BCUT2D eigenvalue weighted by atomic mass is 19.4. The second-order valence-corrected chi connectivity index (χ2v) is 11.1. The summed E-state index contributed by atoms with van der Waals surface area (Å²) in [7, 11) is 3.53. The van der Waals surface area contributed by atoms with E-state index in [1.165, 1.54) is 12.1 Å². The number of aromatic nitrogens is 1. The first-order valence-corrected chi connectivity index (χ1v) is 14.3. The van der Waals surface area contributed by atoms with E-state index in [2.05, 4.69) is 10.6 Å². The molecule has 0 spiro atoms. The van der Waals surface area contributed by atoms with E-state index in [9.17, 15) is 31.9 Å². The summed E-state index contributed by atoms with van der Waals surface area (Å²) < 4.78 is 47.2. The van der Waals surface area contributed by atoms with Crippen LogP contribution in [0.25, 0.3) is 10.9 Å². The summed E-state index contributed by atoms with van der Waals surface area (Å²) in [6, 6.07) is 5.10. The lowest BCUT2D eigenvalue weighted by Gasteiger charge is -2.43. The molecule has 0 radical (unpaired) electrons. The molecule has 1 saturated heterocycles. The molecule has 1 aliphatic heterocycles. The maximum Gasteiger partial charge on any atom is 0.490 e. The molecular formula is C29H39F4N5O5. The van der Waals surface area contributed by atoms with E-state index < -0.39 is 18.2 Å². The third-order valence-electron chi connectivity index (χ3n) is 8.18. The van der Waals surface area contributed by atoms with Crippen LogP contribution >= 0.6 is 0 Å². The first-order valence-electron chi connectivity index (χ1n) is 14.3. The molecule has 1 aromatic heterocycles. The Labute approximate surface area is 247 Å². The number of carbonyl (C=O) groups excluding carboxylic acids is 3. The summed E-state index contributed by atoms with van der Waals surface area (Å²) >= 11 is 0. The maximum atomic E-state index is 13.8. The van der Waals surface area contributed by atoms with Crippen LogP contribution in [0, 0.1) is 11.7 Å². The van der Waals surface area contributed by atoms with Crippen LogP contribution in [0.1, 0.15) is 56.4 Å². The average molecular weight is 614 g/mol. The van der Waals surface area contributed by atoms with E-state index in [4.69, 9.17) is 9.90 Å². The van der Waals surface area contributed by atoms with Crippen molar-refractivity contribution in [2.75, 3.05) is 26.7 Å². The maximum absolute atomic E-state index is 13.8. The van der Waals surface area contributed by atoms with Gasteiger partial charge in [0.25, 0.3) is 5.91 Å². The minimum absolute atomic E-state index is 0.0572. The van der Waals surface area contributed by atoms with Gasteiger partial charge in [-0.1, -0.05) is 19.3 Å². The molecule has 4 rings (SSSR count). The molecule has 0 bridgehead atoms. The highest BCUT2D eigenvalue weighted by molar-refractivity contribution is 5.99. The van der Waals surface area contributed by atoms with Gasteiger partial charge in [-0.3, -0.25) is 14.4 Å². The third-order valence-corrected chi connectivity index (χ3v) is 8.18. The molecule has 1 aromatic carbocycles. The Kier molecular flexibility index (Phi) is 11.2. The van der Waals surface area contributed by atoms with Crippen molar-refractivity contribution in [3.05, 3.63) is 35.8 Å².